The van der Waals surface area contributed by atoms with Crippen LogP contribution in [0.5, 0.6) is 11.5 Å². The lowest BCUT2D eigenvalue weighted by Gasteiger charge is -2.12. The number of esters is 1. The number of benzene rings is 2. The number of hydrogen-bond acceptors (Lipinski definition) is 5. The molecule has 0 bridgehead atoms. The van der Waals surface area contributed by atoms with Gasteiger partial charge in [0.15, 0.2) is 9.84 Å². The maximum absolute atomic E-state index is 12.0. The fraction of sp³-hybridized carbons (Fsp3) is 0.188. The third-order valence-electron chi connectivity index (χ3n) is 3.21. The van der Waals surface area contributed by atoms with Gasteiger partial charge in [-0.2, -0.15) is 0 Å². The number of carbonyl (C=O) groups excluding carboxylic acids is 1. The quantitative estimate of drug-likeness (QED) is 0.651. The molecule has 2 aromatic carbocycles. The van der Waals surface area contributed by atoms with Crippen LogP contribution in [-0.4, -0.2) is 27.2 Å². The predicted molar refractivity (Wildman–Crippen MR) is 94.7 cm³/mol. The summed E-state index contributed by atoms with van der Waals surface area (Å²) in [7, 11) is -2.12. The Morgan fingerprint density at radius 3 is 2.58 bits per heavy atom. The van der Waals surface area contributed by atoms with Crippen LogP contribution in [0, 0.1) is 0 Å². The van der Waals surface area contributed by atoms with Gasteiger partial charge in [-0.3, -0.25) is 0 Å². The highest BCUT2D eigenvalue weighted by Crippen LogP contribution is 2.39. The van der Waals surface area contributed by atoms with Gasteiger partial charge in [-0.1, -0.05) is 24.6 Å². The number of hydrogen-bond donors (Lipinski definition) is 0. The standard InChI is InChI=1S/C16H14BrClO5S/c1-3-24(20,21)13-8-7-12(15(18)14(13)17)23-11-6-4-5-10(9-11)16(19)22-2/h4-9H,3H2,1-2H3. The molecular weight excluding hydrogens is 420 g/mol. The van der Waals surface area contributed by atoms with E-state index in [9.17, 15) is 13.2 Å². The van der Waals surface area contributed by atoms with Crippen molar-refractivity contribution in [1.82, 2.24) is 0 Å². The maximum Gasteiger partial charge on any atom is 0.337 e. The van der Waals surface area contributed by atoms with Crippen LogP contribution in [0.25, 0.3) is 0 Å². The summed E-state index contributed by atoms with van der Waals surface area (Å²) in [5, 5.41) is 0.132. The molecule has 0 fully saturated rings. The molecule has 0 amide bonds. The third kappa shape index (κ3) is 3.91. The fourth-order valence-corrected chi connectivity index (χ4v) is 4.21. The molecule has 0 saturated carbocycles. The number of carbonyl (C=O) groups is 1. The number of sulfone groups is 1. The van der Waals surface area contributed by atoms with Gasteiger partial charge in [-0.25, -0.2) is 13.2 Å². The average molecular weight is 434 g/mol. The fourth-order valence-electron chi connectivity index (χ4n) is 1.92. The Morgan fingerprint density at radius 1 is 1.25 bits per heavy atom. The number of ether oxygens (including phenoxy) is 2. The first kappa shape index (κ1) is 18.8. The molecule has 0 aliphatic heterocycles. The Morgan fingerprint density at radius 2 is 1.96 bits per heavy atom. The molecule has 0 atom stereocenters. The zero-order chi connectivity index (χ0) is 17.9. The van der Waals surface area contributed by atoms with E-state index < -0.39 is 15.8 Å². The first-order valence-electron chi connectivity index (χ1n) is 6.87. The van der Waals surface area contributed by atoms with Crippen LogP contribution < -0.4 is 4.74 Å². The summed E-state index contributed by atoms with van der Waals surface area (Å²) in [4.78, 5) is 11.7. The molecule has 0 spiro atoms. The Hall–Kier alpha value is -1.57. The van der Waals surface area contributed by atoms with Crippen molar-refractivity contribution in [1.29, 1.82) is 0 Å². The number of rotatable bonds is 5. The lowest BCUT2D eigenvalue weighted by atomic mass is 10.2. The SMILES string of the molecule is CCS(=O)(=O)c1ccc(Oc2cccc(C(=O)OC)c2)c(Cl)c1Br. The van der Waals surface area contributed by atoms with Crippen LogP contribution in [0.15, 0.2) is 45.8 Å². The molecule has 0 heterocycles. The number of methoxy groups -OCH3 is 1. The van der Waals surface area contributed by atoms with Crippen molar-refractivity contribution in [3.05, 3.63) is 51.5 Å². The van der Waals surface area contributed by atoms with E-state index in [0.29, 0.717) is 11.3 Å². The van der Waals surface area contributed by atoms with Gasteiger partial charge in [0, 0.05) is 0 Å². The van der Waals surface area contributed by atoms with Gasteiger partial charge in [0.2, 0.25) is 0 Å². The van der Waals surface area contributed by atoms with Crippen molar-refractivity contribution >= 4 is 43.3 Å². The van der Waals surface area contributed by atoms with Crippen LogP contribution in [0.2, 0.25) is 5.02 Å². The summed E-state index contributed by atoms with van der Waals surface area (Å²) in [5.41, 5.74) is 0.329. The summed E-state index contributed by atoms with van der Waals surface area (Å²) < 4.78 is 34.6. The van der Waals surface area contributed by atoms with E-state index in [-0.39, 0.29) is 25.9 Å². The molecule has 0 saturated heterocycles. The van der Waals surface area contributed by atoms with Crippen LogP contribution in [0.3, 0.4) is 0 Å². The summed E-state index contributed by atoms with van der Waals surface area (Å²) >= 11 is 9.42. The van der Waals surface area contributed by atoms with Crippen molar-refractivity contribution in [2.24, 2.45) is 0 Å². The van der Waals surface area contributed by atoms with E-state index >= 15 is 0 Å². The minimum Gasteiger partial charge on any atom is -0.465 e. The lowest BCUT2D eigenvalue weighted by molar-refractivity contribution is 0.0600. The van der Waals surface area contributed by atoms with Crippen LogP contribution in [-0.2, 0) is 14.6 Å². The van der Waals surface area contributed by atoms with Crippen molar-refractivity contribution in [3.63, 3.8) is 0 Å². The minimum atomic E-state index is -3.41. The largest absolute Gasteiger partial charge is 0.465 e. The highest BCUT2D eigenvalue weighted by Gasteiger charge is 2.20. The van der Waals surface area contributed by atoms with Gasteiger partial charge < -0.3 is 9.47 Å². The average Bonchev–Trinajstić information content (AvgIpc) is 2.58. The van der Waals surface area contributed by atoms with E-state index in [1.165, 1.54) is 25.3 Å². The molecule has 0 aromatic heterocycles. The van der Waals surface area contributed by atoms with Crippen LogP contribution in [0.1, 0.15) is 17.3 Å². The van der Waals surface area contributed by atoms with Crippen LogP contribution >= 0.6 is 27.5 Å². The van der Waals surface area contributed by atoms with Gasteiger partial charge in [0.1, 0.15) is 11.5 Å². The van der Waals surface area contributed by atoms with Crippen molar-refractivity contribution < 1.29 is 22.7 Å². The molecule has 8 heteroatoms. The molecule has 0 N–H and O–H groups in total. The molecular formula is C16H14BrClO5S. The molecule has 24 heavy (non-hydrogen) atoms. The Balaban J connectivity index is 2.38. The smallest absolute Gasteiger partial charge is 0.337 e. The van der Waals surface area contributed by atoms with Gasteiger partial charge >= 0.3 is 5.97 Å². The highest BCUT2D eigenvalue weighted by atomic mass is 79.9. The second kappa shape index (κ2) is 7.55. The zero-order valence-electron chi connectivity index (χ0n) is 12.9. The summed E-state index contributed by atoms with van der Waals surface area (Å²) in [6, 6.07) is 9.28. The molecule has 0 unspecified atom stereocenters. The van der Waals surface area contributed by atoms with E-state index in [1.54, 1.807) is 25.1 Å². The highest BCUT2D eigenvalue weighted by molar-refractivity contribution is 9.10. The molecule has 2 aromatic rings. The molecule has 128 valence electrons. The predicted octanol–water partition coefficient (Wildman–Crippen LogP) is 4.48. The monoisotopic (exact) mass is 432 g/mol. The summed E-state index contributed by atoms with van der Waals surface area (Å²) in [6.07, 6.45) is 0. The van der Waals surface area contributed by atoms with E-state index in [1.807, 2.05) is 0 Å². The lowest BCUT2D eigenvalue weighted by Crippen LogP contribution is -2.05. The van der Waals surface area contributed by atoms with Gasteiger partial charge in [0.25, 0.3) is 0 Å². The third-order valence-corrected chi connectivity index (χ3v) is 6.67. The minimum absolute atomic E-state index is 0.0384. The van der Waals surface area contributed by atoms with Crippen molar-refractivity contribution in [3.8, 4) is 11.5 Å². The maximum atomic E-state index is 12.0. The van der Waals surface area contributed by atoms with Gasteiger partial charge in [-0.15, -0.1) is 0 Å². The topological polar surface area (TPSA) is 69.7 Å². The Bertz CT molecular complexity index is 880. The summed E-state index contributed by atoms with van der Waals surface area (Å²) in [5.74, 6) is 0.110. The molecule has 0 aliphatic carbocycles. The second-order valence-electron chi connectivity index (χ2n) is 4.71. The van der Waals surface area contributed by atoms with Crippen molar-refractivity contribution in [2.75, 3.05) is 12.9 Å². The Labute approximate surface area is 153 Å². The van der Waals surface area contributed by atoms with Gasteiger partial charge in [0.05, 0.1) is 32.8 Å². The van der Waals surface area contributed by atoms with Gasteiger partial charge in [-0.05, 0) is 46.3 Å². The van der Waals surface area contributed by atoms with E-state index in [0.717, 1.165) is 0 Å². The molecule has 5 nitrogen and oxygen atoms in total. The van der Waals surface area contributed by atoms with Crippen molar-refractivity contribution in [2.45, 2.75) is 11.8 Å². The Kier molecular flexibility index (Phi) is 5.90. The first-order chi connectivity index (χ1) is 11.3. The van der Waals surface area contributed by atoms with Crippen LogP contribution in [0.4, 0.5) is 0 Å². The zero-order valence-corrected chi connectivity index (χ0v) is 16.0. The second-order valence-corrected chi connectivity index (χ2v) is 8.13. The normalized spacial score (nSPS) is 11.2. The van der Waals surface area contributed by atoms with E-state index in [2.05, 4.69) is 20.7 Å². The molecule has 2 rings (SSSR count). The number of halogens is 2. The summed E-state index contributed by atoms with van der Waals surface area (Å²) in [6.45, 7) is 1.55. The van der Waals surface area contributed by atoms with E-state index in [4.69, 9.17) is 16.3 Å². The molecule has 0 radical (unpaired) electrons. The molecule has 0 aliphatic rings. The first-order valence-corrected chi connectivity index (χ1v) is 9.69.